The van der Waals surface area contributed by atoms with Crippen molar-refractivity contribution in [3.05, 3.63) is 87.2 Å². The first kappa shape index (κ1) is 26.0. The number of halogens is 2. The Morgan fingerprint density at radius 3 is 2.25 bits per heavy atom. The molecule has 6 nitrogen and oxygen atoms in total. The number of hydrogen-bond acceptors (Lipinski definition) is 5. The van der Waals surface area contributed by atoms with E-state index in [9.17, 15) is 9.59 Å². The molecule has 0 aliphatic carbocycles. The summed E-state index contributed by atoms with van der Waals surface area (Å²) in [5, 5.41) is 0.753. The van der Waals surface area contributed by atoms with Crippen LogP contribution in [0.5, 0.6) is 5.75 Å². The van der Waals surface area contributed by atoms with E-state index in [0.717, 1.165) is 22.7 Å². The first-order valence-corrected chi connectivity index (χ1v) is 12.7. The molecule has 0 saturated carbocycles. The molecule has 1 aliphatic heterocycles. The second-order valence-electron chi connectivity index (χ2n) is 8.88. The van der Waals surface area contributed by atoms with E-state index in [1.54, 1.807) is 13.2 Å². The number of aromatic nitrogens is 1. The number of anilines is 1. The lowest BCUT2D eigenvalue weighted by Crippen LogP contribution is -2.49. The minimum atomic E-state index is -0.0121. The highest BCUT2D eigenvalue weighted by molar-refractivity contribution is 6.35. The third-order valence-corrected chi connectivity index (χ3v) is 7.11. The molecule has 1 saturated heterocycles. The van der Waals surface area contributed by atoms with Crippen molar-refractivity contribution in [3.63, 3.8) is 0 Å². The van der Waals surface area contributed by atoms with E-state index in [1.807, 2.05) is 60.4 Å². The van der Waals surface area contributed by atoms with Crippen LogP contribution in [0.25, 0.3) is 0 Å². The molecule has 0 unspecified atom stereocenters. The fraction of sp³-hybridized carbons (Fsp3) is 0.321. The van der Waals surface area contributed by atoms with Crippen LogP contribution < -0.4 is 9.64 Å². The molecule has 36 heavy (non-hydrogen) atoms. The molecule has 0 bridgehead atoms. The van der Waals surface area contributed by atoms with E-state index in [1.165, 1.54) is 0 Å². The van der Waals surface area contributed by atoms with Crippen molar-refractivity contribution >= 4 is 40.6 Å². The quantitative estimate of drug-likeness (QED) is 0.290. The van der Waals surface area contributed by atoms with Gasteiger partial charge >= 0.3 is 0 Å². The van der Waals surface area contributed by atoms with Gasteiger partial charge in [-0.3, -0.25) is 9.59 Å². The number of ether oxygens (including phenoxy) is 1. The second kappa shape index (κ2) is 11.8. The van der Waals surface area contributed by atoms with Crippen LogP contribution >= 0.6 is 23.2 Å². The summed E-state index contributed by atoms with van der Waals surface area (Å²) in [6.45, 7) is 4.45. The third kappa shape index (κ3) is 6.37. The minimum absolute atomic E-state index is 0.0121. The predicted octanol–water partition coefficient (Wildman–Crippen LogP) is 5.41. The molecule has 8 heteroatoms. The van der Waals surface area contributed by atoms with Crippen LogP contribution in [0, 0.1) is 6.92 Å². The van der Waals surface area contributed by atoms with E-state index in [4.69, 9.17) is 27.9 Å². The Balaban J connectivity index is 1.28. The molecule has 2 aromatic carbocycles. The number of Topliss-reactive ketones (excluding diaryl/α,β-unsaturated/α-hetero) is 1. The molecule has 188 valence electrons. The van der Waals surface area contributed by atoms with Gasteiger partial charge in [0.1, 0.15) is 10.9 Å². The summed E-state index contributed by atoms with van der Waals surface area (Å²) in [6.07, 6.45) is 1.28. The van der Waals surface area contributed by atoms with Gasteiger partial charge in [-0.25, -0.2) is 4.98 Å². The predicted molar refractivity (Wildman–Crippen MR) is 144 cm³/mol. The highest BCUT2D eigenvalue weighted by Gasteiger charge is 2.23. The number of methoxy groups -OCH3 is 1. The SMILES string of the molecule is COc1ccc(CCC(=O)c2ccc(N3CCN(C(=O)Cc4c(Cl)cc(C)nc4Cl)CC3)cc2)cc1. The van der Waals surface area contributed by atoms with Crippen molar-refractivity contribution in [2.75, 3.05) is 38.2 Å². The van der Waals surface area contributed by atoms with Crippen molar-refractivity contribution in [2.45, 2.75) is 26.2 Å². The zero-order valence-corrected chi connectivity index (χ0v) is 22.0. The van der Waals surface area contributed by atoms with Gasteiger partial charge in [0.15, 0.2) is 5.78 Å². The molecular weight excluding hydrogens is 497 g/mol. The van der Waals surface area contributed by atoms with Gasteiger partial charge in [-0.15, -0.1) is 0 Å². The molecule has 0 N–H and O–H groups in total. The summed E-state index contributed by atoms with van der Waals surface area (Å²) in [5.74, 6) is 0.917. The van der Waals surface area contributed by atoms with Crippen LogP contribution in [0.2, 0.25) is 10.2 Å². The van der Waals surface area contributed by atoms with Gasteiger partial charge in [-0.05, 0) is 61.4 Å². The Morgan fingerprint density at radius 1 is 0.972 bits per heavy atom. The highest BCUT2D eigenvalue weighted by atomic mass is 35.5. The maximum absolute atomic E-state index is 12.8. The Morgan fingerprint density at radius 2 is 1.64 bits per heavy atom. The molecule has 0 radical (unpaired) electrons. The average Bonchev–Trinajstić information content (AvgIpc) is 2.89. The molecule has 1 fully saturated rings. The third-order valence-electron chi connectivity index (χ3n) is 6.46. The van der Waals surface area contributed by atoms with Crippen molar-refractivity contribution in [2.24, 2.45) is 0 Å². The number of carbonyl (C=O) groups excluding carboxylic acids is 2. The number of piperazine rings is 1. The minimum Gasteiger partial charge on any atom is -0.497 e. The van der Waals surface area contributed by atoms with Crippen LogP contribution in [-0.4, -0.2) is 54.9 Å². The van der Waals surface area contributed by atoms with Crippen molar-refractivity contribution in [1.29, 1.82) is 0 Å². The van der Waals surface area contributed by atoms with E-state index in [0.29, 0.717) is 55.2 Å². The van der Waals surface area contributed by atoms with Gasteiger partial charge in [0, 0.05) is 60.1 Å². The number of ketones is 1. The van der Waals surface area contributed by atoms with Gasteiger partial charge in [0.2, 0.25) is 5.91 Å². The summed E-state index contributed by atoms with van der Waals surface area (Å²) in [7, 11) is 1.64. The Labute approximate surface area is 221 Å². The van der Waals surface area contributed by atoms with Crippen LogP contribution in [0.3, 0.4) is 0 Å². The number of aryl methyl sites for hydroxylation is 2. The number of hydrogen-bond donors (Lipinski definition) is 0. The maximum Gasteiger partial charge on any atom is 0.227 e. The largest absolute Gasteiger partial charge is 0.497 e. The first-order valence-electron chi connectivity index (χ1n) is 11.9. The number of rotatable bonds is 8. The van der Waals surface area contributed by atoms with Gasteiger partial charge < -0.3 is 14.5 Å². The Bertz CT molecular complexity index is 1200. The number of nitrogens with zero attached hydrogens (tertiary/aromatic N) is 3. The van der Waals surface area contributed by atoms with E-state index >= 15 is 0 Å². The van der Waals surface area contributed by atoms with Gasteiger partial charge in [0.25, 0.3) is 0 Å². The average molecular weight is 526 g/mol. The lowest BCUT2D eigenvalue weighted by molar-refractivity contribution is -0.130. The summed E-state index contributed by atoms with van der Waals surface area (Å²) in [5.41, 5.74) is 4.16. The maximum atomic E-state index is 12.8. The first-order chi connectivity index (χ1) is 17.3. The number of amides is 1. The van der Waals surface area contributed by atoms with Crippen LogP contribution in [0.4, 0.5) is 5.69 Å². The monoisotopic (exact) mass is 525 g/mol. The normalized spacial score (nSPS) is 13.6. The second-order valence-corrected chi connectivity index (χ2v) is 9.64. The highest BCUT2D eigenvalue weighted by Crippen LogP contribution is 2.25. The van der Waals surface area contributed by atoms with Crippen molar-refractivity contribution in [1.82, 2.24) is 9.88 Å². The molecule has 1 amide bonds. The van der Waals surface area contributed by atoms with Crippen LogP contribution in [0.15, 0.2) is 54.6 Å². The molecule has 2 heterocycles. The zero-order valence-electron chi connectivity index (χ0n) is 20.5. The molecule has 1 aromatic heterocycles. The lowest BCUT2D eigenvalue weighted by atomic mass is 10.0. The number of pyridine rings is 1. The molecular formula is C28H29Cl2N3O3. The Hall–Kier alpha value is -3.09. The summed E-state index contributed by atoms with van der Waals surface area (Å²) >= 11 is 12.5. The fourth-order valence-corrected chi connectivity index (χ4v) is 4.98. The summed E-state index contributed by atoms with van der Waals surface area (Å²) < 4.78 is 5.18. The topological polar surface area (TPSA) is 62.7 Å². The molecule has 3 aromatic rings. The molecule has 4 rings (SSSR count). The molecule has 0 atom stereocenters. The van der Waals surface area contributed by atoms with Gasteiger partial charge in [-0.1, -0.05) is 35.3 Å². The van der Waals surface area contributed by atoms with E-state index in [-0.39, 0.29) is 23.3 Å². The summed E-state index contributed by atoms with van der Waals surface area (Å²) in [4.78, 5) is 33.8. The standard InChI is InChI=1S/C28H29Cl2N3O3/c1-19-17-25(29)24(28(30)31-19)18-27(35)33-15-13-32(14-16-33)22-8-6-21(7-9-22)26(34)12-5-20-3-10-23(36-2)11-4-20/h3-4,6-11,17H,5,12-16,18H2,1-2H3. The van der Waals surface area contributed by atoms with Gasteiger partial charge in [-0.2, -0.15) is 0 Å². The zero-order chi connectivity index (χ0) is 25.7. The molecule has 0 spiro atoms. The van der Waals surface area contributed by atoms with E-state index < -0.39 is 0 Å². The van der Waals surface area contributed by atoms with Crippen molar-refractivity contribution in [3.8, 4) is 5.75 Å². The van der Waals surface area contributed by atoms with Crippen molar-refractivity contribution < 1.29 is 14.3 Å². The lowest BCUT2D eigenvalue weighted by Gasteiger charge is -2.36. The van der Waals surface area contributed by atoms with Crippen LogP contribution in [-0.2, 0) is 17.6 Å². The van der Waals surface area contributed by atoms with Crippen LogP contribution in [0.1, 0.15) is 33.6 Å². The fourth-order valence-electron chi connectivity index (χ4n) is 4.31. The number of carbonyl (C=O) groups is 2. The van der Waals surface area contributed by atoms with Gasteiger partial charge in [0.05, 0.1) is 13.5 Å². The number of benzene rings is 2. The van der Waals surface area contributed by atoms with E-state index in [2.05, 4.69) is 9.88 Å². The Kier molecular flexibility index (Phi) is 8.49. The smallest absolute Gasteiger partial charge is 0.227 e. The summed E-state index contributed by atoms with van der Waals surface area (Å²) in [6, 6.07) is 17.3. The molecule has 1 aliphatic rings.